The van der Waals surface area contributed by atoms with Crippen molar-refractivity contribution in [3.05, 3.63) is 89.9 Å². The fourth-order valence-corrected chi connectivity index (χ4v) is 3.65. The van der Waals surface area contributed by atoms with Crippen LogP contribution < -0.4 is 5.32 Å². The van der Waals surface area contributed by atoms with E-state index >= 15 is 0 Å². The summed E-state index contributed by atoms with van der Waals surface area (Å²) in [6, 6.07) is 15.6. The fourth-order valence-electron chi connectivity index (χ4n) is 3.65. The van der Waals surface area contributed by atoms with Crippen molar-refractivity contribution in [3.63, 3.8) is 0 Å². The van der Waals surface area contributed by atoms with Gasteiger partial charge in [0, 0.05) is 30.2 Å². The van der Waals surface area contributed by atoms with Crippen LogP contribution in [0.25, 0.3) is 5.69 Å². The van der Waals surface area contributed by atoms with Crippen LogP contribution in [0.2, 0.25) is 0 Å². The van der Waals surface area contributed by atoms with Gasteiger partial charge in [0.05, 0.1) is 5.69 Å². The van der Waals surface area contributed by atoms with E-state index < -0.39 is 0 Å². The van der Waals surface area contributed by atoms with Gasteiger partial charge in [0.25, 0.3) is 0 Å². The normalized spacial score (nSPS) is 16.5. The summed E-state index contributed by atoms with van der Waals surface area (Å²) in [7, 11) is 0. The van der Waals surface area contributed by atoms with Crippen molar-refractivity contribution >= 4 is 11.5 Å². The summed E-state index contributed by atoms with van der Waals surface area (Å²) in [6.45, 7) is 3.86. The number of anilines is 1. The molecule has 1 aliphatic heterocycles. The Labute approximate surface area is 164 Å². The minimum absolute atomic E-state index is 0.296. The zero-order chi connectivity index (χ0) is 19.5. The molecule has 28 heavy (non-hydrogen) atoms. The van der Waals surface area contributed by atoms with Crippen molar-refractivity contribution in [3.8, 4) is 5.69 Å². The molecule has 2 aromatic carbocycles. The van der Waals surface area contributed by atoms with Crippen LogP contribution in [0.15, 0.2) is 77.7 Å². The van der Waals surface area contributed by atoms with E-state index in [1.807, 2.05) is 26.0 Å². The van der Waals surface area contributed by atoms with Crippen molar-refractivity contribution in [2.75, 3.05) is 5.32 Å². The number of nitrogens with one attached hydrogen (secondary N) is 1. The number of hydrogen-bond donors (Lipinski definition) is 1. The van der Waals surface area contributed by atoms with Crippen LogP contribution in [0.1, 0.15) is 24.7 Å². The molecule has 0 saturated carbocycles. The minimum atomic E-state index is -0.296. The van der Waals surface area contributed by atoms with Crippen LogP contribution in [0.3, 0.4) is 0 Å². The van der Waals surface area contributed by atoms with Gasteiger partial charge in [-0.2, -0.15) is 0 Å². The van der Waals surface area contributed by atoms with Gasteiger partial charge in [0.15, 0.2) is 0 Å². The summed E-state index contributed by atoms with van der Waals surface area (Å²) in [5.74, 6) is 1.70. The van der Waals surface area contributed by atoms with Crippen LogP contribution in [-0.4, -0.2) is 15.4 Å². The zero-order valence-electron chi connectivity index (χ0n) is 16.1. The Hall–Kier alpha value is -3.21. The highest BCUT2D eigenvalue weighted by atomic mass is 19.1. The topological polar surface area (TPSA) is 42.2 Å². The Balaban J connectivity index is 1.49. The summed E-state index contributed by atoms with van der Waals surface area (Å²) >= 11 is 0. The predicted molar refractivity (Wildman–Crippen MR) is 111 cm³/mol. The molecular weight excluding hydrogens is 351 g/mol. The van der Waals surface area contributed by atoms with Crippen LogP contribution in [0.5, 0.6) is 0 Å². The van der Waals surface area contributed by atoms with E-state index in [0.717, 1.165) is 30.2 Å². The maximum Gasteiger partial charge on any atom is 0.149 e. The Morgan fingerprint density at radius 2 is 1.96 bits per heavy atom. The van der Waals surface area contributed by atoms with Crippen LogP contribution in [0, 0.1) is 18.7 Å². The van der Waals surface area contributed by atoms with E-state index in [2.05, 4.69) is 45.6 Å². The molecule has 4 nitrogen and oxygen atoms in total. The summed E-state index contributed by atoms with van der Waals surface area (Å²) in [5, 5.41) is 3.30. The number of benzene rings is 2. The minimum Gasteiger partial charge on any atom is -0.344 e. The smallest absolute Gasteiger partial charge is 0.149 e. The highest BCUT2D eigenvalue weighted by molar-refractivity contribution is 5.97. The highest BCUT2D eigenvalue weighted by Crippen LogP contribution is 2.24. The van der Waals surface area contributed by atoms with Gasteiger partial charge in [-0.3, -0.25) is 0 Å². The third-order valence-electron chi connectivity index (χ3n) is 4.91. The summed E-state index contributed by atoms with van der Waals surface area (Å²) < 4.78 is 16.4. The molecular formula is C23H23FN4. The zero-order valence-corrected chi connectivity index (χ0v) is 16.1. The van der Waals surface area contributed by atoms with Gasteiger partial charge in [0.1, 0.15) is 17.5 Å². The first kappa shape index (κ1) is 18.2. The van der Waals surface area contributed by atoms with Crippen molar-refractivity contribution in [1.82, 2.24) is 9.55 Å². The molecule has 0 saturated heterocycles. The molecule has 0 amide bonds. The van der Waals surface area contributed by atoms with Crippen molar-refractivity contribution < 1.29 is 4.39 Å². The van der Waals surface area contributed by atoms with Gasteiger partial charge >= 0.3 is 0 Å². The summed E-state index contributed by atoms with van der Waals surface area (Å²) in [4.78, 5) is 8.77. The number of aromatic nitrogens is 2. The molecule has 142 valence electrons. The molecule has 3 aromatic rings. The van der Waals surface area contributed by atoms with E-state index in [9.17, 15) is 4.39 Å². The molecule has 0 aliphatic carbocycles. The Bertz CT molecular complexity index is 1030. The second-order valence-corrected chi connectivity index (χ2v) is 7.16. The van der Waals surface area contributed by atoms with Gasteiger partial charge in [-0.05, 0) is 49.9 Å². The lowest BCUT2D eigenvalue weighted by molar-refractivity contribution is 0.617. The predicted octanol–water partition coefficient (Wildman–Crippen LogP) is 5.30. The number of aliphatic imine (C=N–C) groups is 1. The van der Waals surface area contributed by atoms with Gasteiger partial charge < -0.3 is 9.88 Å². The highest BCUT2D eigenvalue weighted by Gasteiger charge is 2.17. The van der Waals surface area contributed by atoms with E-state index in [-0.39, 0.29) is 5.82 Å². The number of rotatable bonds is 4. The van der Waals surface area contributed by atoms with Gasteiger partial charge in [-0.1, -0.05) is 36.4 Å². The van der Waals surface area contributed by atoms with Crippen LogP contribution in [-0.2, 0) is 6.42 Å². The molecule has 1 aliphatic rings. The first-order valence-corrected chi connectivity index (χ1v) is 9.45. The lowest BCUT2D eigenvalue weighted by atomic mass is 9.93. The molecule has 0 bridgehead atoms. The molecule has 1 aromatic heterocycles. The second kappa shape index (κ2) is 7.80. The maximum absolute atomic E-state index is 14.6. The molecule has 4 rings (SSSR count). The van der Waals surface area contributed by atoms with Crippen molar-refractivity contribution in [2.45, 2.75) is 26.7 Å². The number of amidine groups is 1. The van der Waals surface area contributed by atoms with E-state index in [1.165, 1.54) is 11.6 Å². The average molecular weight is 374 g/mol. The van der Waals surface area contributed by atoms with Crippen LogP contribution in [0.4, 0.5) is 10.1 Å². The molecule has 1 N–H and O–H groups in total. The van der Waals surface area contributed by atoms with Crippen LogP contribution >= 0.6 is 0 Å². The monoisotopic (exact) mass is 374 g/mol. The average Bonchev–Trinajstić information content (AvgIpc) is 3.08. The Kier molecular flexibility index (Phi) is 5.06. The molecule has 5 heteroatoms. The Morgan fingerprint density at radius 3 is 2.68 bits per heavy atom. The summed E-state index contributed by atoms with van der Waals surface area (Å²) in [6.07, 6.45) is 7.40. The fraction of sp³-hybridized carbons (Fsp3) is 0.217. The largest absolute Gasteiger partial charge is 0.344 e. The quantitative estimate of drug-likeness (QED) is 0.674. The first-order chi connectivity index (χ1) is 13.6. The molecule has 1 atom stereocenters. The molecule has 2 heterocycles. The van der Waals surface area contributed by atoms with E-state index in [1.54, 1.807) is 23.0 Å². The number of allylic oxidation sites excluding steroid dienone is 2. The van der Waals surface area contributed by atoms with Gasteiger partial charge in [-0.25, -0.2) is 14.4 Å². The number of hydrogen-bond acceptors (Lipinski definition) is 3. The molecule has 1 unspecified atom stereocenters. The number of halogens is 1. The first-order valence-electron chi connectivity index (χ1n) is 9.45. The van der Waals surface area contributed by atoms with Crippen molar-refractivity contribution in [2.24, 2.45) is 10.9 Å². The standard InChI is InChI=1S/C23H23FN4/c1-16-12-19(13-18-6-4-3-5-7-18)14-23(26-16)27-20-8-9-22(21(24)15-20)28-11-10-25-17(28)2/h3-12,15,19H,13-14H2,1-2H3,(H,26,27). The lowest BCUT2D eigenvalue weighted by Gasteiger charge is -2.21. The SMILES string of the molecule is CC1=CC(Cc2ccccc2)CC(Nc2ccc(-n3ccnc3C)c(F)c2)=N1. The number of nitrogens with zero attached hydrogens (tertiary/aromatic N) is 3. The second-order valence-electron chi connectivity index (χ2n) is 7.16. The molecule has 0 fully saturated rings. The van der Waals surface area contributed by atoms with Gasteiger partial charge in [-0.15, -0.1) is 0 Å². The number of imidazole rings is 1. The summed E-state index contributed by atoms with van der Waals surface area (Å²) in [5.41, 5.74) is 3.49. The molecule has 0 radical (unpaired) electrons. The third-order valence-corrected chi connectivity index (χ3v) is 4.91. The number of aryl methyl sites for hydroxylation is 1. The molecule has 0 spiro atoms. The lowest BCUT2D eigenvalue weighted by Crippen LogP contribution is -2.21. The van der Waals surface area contributed by atoms with Crippen molar-refractivity contribution in [1.29, 1.82) is 0 Å². The van der Waals surface area contributed by atoms with Gasteiger partial charge in [0.2, 0.25) is 0 Å². The third kappa shape index (κ3) is 4.03. The maximum atomic E-state index is 14.6. The van der Waals surface area contributed by atoms with E-state index in [4.69, 9.17) is 0 Å². The van der Waals surface area contributed by atoms with E-state index in [0.29, 0.717) is 17.3 Å². The Morgan fingerprint density at radius 1 is 1.14 bits per heavy atom.